The van der Waals surface area contributed by atoms with E-state index in [4.69, 9.17) is 0 Å². The molecular formula is C29H32P2PtS2. The second-order valence-electron chi connectivity index (χ2n) is 6.92. The molecule has 0 bridgehead atoms. The largest absolute Gasteiger partial charge is 2.00 e. The van der Waals surface area contributed by atoms with E-state index in [1.165, 1.54) is 27.1 Å². The normalized spacial score (nSPS) is 9.82. The third-order valence-electron chi connectivity index (χ3n) is 4.55. The molecule has 4 aromatic carbocycles. The Bertz CT molecular complexity index is 826. The minimum atomic E-state index is -0.409. The minimum absolute atomic E-state index is 0. The predicted molar refractivity (Wildman–Crippen MR) is 159 cm³/mol. The van der Waals surface area contributed by atoms with Crippen molar-refractivity contribution in [1.29, 1.82) is 0 Å². The van der Waals surface area contributed by atoms with Gasteiger partial charge in [0.05, 0.1) is 0 Å². The third-order valence-corrected chi connectivity index (χ3v) is 10.5. The minimum Gasteiger partial charge on any atom is -0.793 e. The molecule has 0 aliphatic carbocycles. The molecule has 180 valence electrons. The van der Waals surface area contributed by atoms with Gasteiger partial charge in [0.2, 0.25) is 0 Å². The van der Waals surface area contributed by atoms with Gasteiger partial charge in [-0.1, -0.05) is 135 Å². The van der Waals surface area contributed by atoms with E-state index in [0.717, 1.165) is 11.5 Å². The average molecular weight is 702 g/mol. The molecule has 0 nitrogen and oxygen atoms in total. The molecule has 0 fully saturated rings. The Hall–Kier alpha value is -0.872. The Morgan fingerprint density at radius 3 is 0.794 bits per heavy atom. The quantitative estimate of drug-likeness (QED) is 0.171. The summed E-state index contributed by atoms with van der Waals surface area (Å²) in [6.07, 6.45) is 0. The molecule has 0 saturated carbocycles. The van der Waals surface area contributed by atoms with Crippen molar-refractivity contribution in [2.24, 2.45) is 0 Å². The molecule has 0 amide bonds. The van der Waals surface area contributed by atoms with Crippen molar-refractivity contribution in [3.05, 3.63) is 121 Å². The molecule has 0 atom stereocenters. The summed E-state index contributed by atoms with van der Waals surface area (Å²) >= 11 is 8.79. The van der Waals surface area contributed by atoms with Crippen LogP contribution in [0.15, 0.2) is 121 Å². The van der Waals surface area contributed by atoms with Crippen LogP contribution in [0.3, 0.4) is 0 Å². The molecule has 0 aromatic heterocycles. The molecule has 0 N–H and O–H groups in total. The van der Waals surface area contributed by atoms with Gasteiger partial charge in [0.25, 0.3) is 0 Å². The first-order valence-corrected chi connectivity index (χ1v) is 15.4. The van der Waals surface area contributed by atoms with Crippen molar-refractivity contribution >= 4 is 62.3 Å². The Morgan fingerprint density at radius 2 is 0.618 bits per heavy atom. The summed E-state index contributed by atoms with van der Waals surface area (Å²) < 4.78 is 0. The Kier molecular flexibility index (Phi) is 17.7. The van der Waals surface area contributed by atoms with Crippen LogP contribution in [0.5, 0.6) is 0 Å². The fraction of sp³-hybridized carbons (Fsp3) is 0.172. The van der Waals surface area contributed by atoms with Gasteiger partial charge >= 0.3 is 21.1 Å². The summed E-state index contributed by atoms with van der Waals surface area (Å²) in [4.78, 5) is 0. The first-order valence-electron chi connectivity index (χ1n) is 11.2. The van der Waals surface area contributed by atoms with Gasteiger partial charge in [0.15, 0.2) is 0 Å². The van der Waals surface area contributed by atoms with Gasteiger partial charge < -0.3 is 25.3 Å². The summed E-state index contributed by atoms with van der Waals surface area (Å²) in [5.74, 6) is 2.84. The molecule has 4 aromatic rings. The van der Waals surface area contributed by atoms with Crippen molar-refractivity contribution in [2.75, 3.05) is 17.4 Å². The first kappa shape index (κ1) is 31.2. The van der Waals surface area contributed by atoms with Crippen molar-refractivity contribution in [2.45, 2.75) is 13.8 Å². The van der Waals surface area contributed by atoms with Crippen LogP contribution in [-0.4, -0.2) is 17.4 Å². The molecule has 0 heterocycles. The predicted octanol–water partition coefficient (Wildman–Crippen LogP) is 6.31. The van der Waals surface area contributed by atoms with Crippen LogP contribution < -0.4 is 21.2 Å². The zero-order valence-electron chi connectivity index (χ0n) is 19.7. The number of benzene rings is 4. The molecule has 0 spiro atoms. The molecule has 0 aliphatic heterocycles. The average Bonchev–Trinajstić information content (AvgIpc) is 2.88. The zero-order chi connectivity index (χ0) is 23.7. The Morgan fingerprint density at radius 1 is 0.441 bits per heavy atom. The summed E-state index contributed by atoms with van der Waals surface area (Å²) in [7, 11) is -0.817. The van der Waals surface area contributed by atoms with Crippen LogP contribution in [0.4, 0.5) is 0 Å². The van der Waals surface area contributed by atoms with Crippen molar-refractivity contribution < 1.29 is 21.1 Å². The maximum Gasteiger partial charge on any atom is 2.00 e. The molecule has 4 rings (SSSR count). The molecule has 34 heavy (non-hydrogen) atoms. The van der Waals surface area contributed by atoms with E-state index in [1.807, 2.05) is 13.8 Å². The smallest absolute Gasteiger partial charge is 0.793 e. The van der Waals surface area contributed by atoms with Crippen LogP contribution in [0, 0.1) is 0 Å². The standard InChI is InChI=1S/C25H22P2.2C2H6S.Pt/c1-5-13-22(14-6-1)26(23-15-7-2-8-16-23)21-27(24-17-9-3-10-18-24)25-19-11-4-12-20-25;2*1-2-3;/h1-20H,21H2;2*3H,2H2,1H3;/q;;;+2/p-2. The zero-order valence-corrected chi connectivity index (χ0v) is 25.4. The van der Waals surface area contributed by atoms with E-state index in [1.54, 1.807) is 0 Å². The maximum absolute atomic E-state index is 4.39. The van der Waals surface area contributed by atoms with Crippen LogP contribution in [-0.2, 0) is 46.3 Å². The van der Waals surface area contributed by atoms with Gasteiger partial charge in [-0.25, -0.2) is 0 Å². The van der Waals surface area contributed by atoms with Crippen LogP contribution >= 0.6 is 15.8 Å². The van der Waals surface area contributed by atoms with Gasteiger partial charge in [-0.3, -0.25) is 0 Å². The second-order valence-corrected chi connectivity index (χ2v) is 13.0. The molecule has 0 saturated heterocycles. The van der Waals surface area contributed by atoms with Crippen molar-refractivity contribution in [3.63, 3.8) is 0 Å². The van der Waals surface area contributed by atoms with E-state index in [2.05, 4.69) is 147 Å². The Labute approximate surface area is 234 Å². The maximum atomic E-state index is 4.39. The van der Waals surface area contributed by atoms with Crippen LogP contribution in [0.2, 0.25) is 0 Å². The topological polar surface area (TPSA) is 0 Å². The van der Waals surface area contributed by atoms with Gasteiger partial charge in [-0.15, -0.1) is 0 Å². The second kappa shape index (κ2) is 19.3. The van der Waals surface area contributed by atoms with E-state index in [9.17, 15) is 0 Å². The van der Waals surface area contributed by atoms with Crippen molar-refractivity contribution in [1.82, 2.24) is 0 Å². The van der Waals surface area contributed by atoms with E-state index in [-0.39, 0.29) is 21.1 Å². The van der Waals surface area contributed by atoms with Gasteiger partial charge in [0, 0.05) is 5.90 Å². The monoisotopic (exact) mass is 701 g/mol. The molecule has 0 radical (unpaired) electrons. The Balaban J connectivity index is 0.000000751. The van der Waals surface area contributed by atoms with Crippen LogP contribution in [0.1, 0.15) is 13.8 Å². The van der Waals surface area contributed by atoms with Crippen molar-refractivity contribution in [3.8, 4) is 0 Å². The number of hydrogen-bond acceptors (Lipinski definition) is 2. The summed E-state index contributed by atoms with van der Waals surface area (Å²) in [6, 6.07) is 44.1. The van der Waals surface area contributed by atoms with E-state index >= 15 is 0 Å². The fourth-order valence-electron chi connectivity index (χ4n) is 3.20. The fourth-order valence-corrected chi connectivity index (χ4v) is 9.67. The van der Waals surface area contributed by atoms with Gasteiger partial charge in [0.1, 0.15) is 0 Å². The number of rotatable bonds is 6. The molecule has 0 aliphatic rings. The van der Waals surface area contributed by atoms with Crippen LogP contribution in [0.25, 0.3) is 0 Å². The summed E-state index contributed by atoms with van der Waals surface area (Å²) in [5, 5.41) is 5.83. The molecule has 5 heteroatoms. The summed E-state index contributed by atoms with van der Waals surface area (Å²) in [6.45, 7) is 3.88. The van der Waals surface area contributed by atoms with E-state index < -0.39 is 15.8 Å². The van der Waals surface area contributed by atoms with E-state index in [0.29, 0.717) is 0 Å². The molecular weight excluding hydrogens is 669 g/mol. The summed E-state index contributed by atoms with van der Waals surface area (Å²) in [5.41, 5.74) is 0. The van der Waals surface area contributed by atoms with Gasteiger partial charge in [-0.05, 0) is 37.1 Å². The van der Waals surface area contributed by atoms with Gasteiger partial charge in [-0.2, -0.15) is 11.5 Å². The SMILES string of the molecule is CC[S-].CC[S-].[Pt+2].c1ccc(P(CP(c2ccccc2)c2ccccc2)c2ccccc2)cc1. The third kappa shape index (κ3) is 10.8. The first-order chi connectivity index (χ1) is 16.2. The number of hydrogen-bond donors (Lipinski definition) is 0. The molecule has 0 unspecified atom stereocenters.